The van der Waals surface area contributed by atoms with Gasteiger partial charge in [-0.2, -0.15) is 0 Å². The second-order valence-corrected chi connectivity index (χ2v) is 7.30. The molecule has 4 heteroatoms. The van der Waals surface area contributed by atoms with Crippen molar-refractivity contribution in [1.29, 1.82) is 0 Å². The van der Waals surface area contributed by atoms with E-state index in [9.17, 15) is 14.7 Å². The highest BCUT2D eigenvalue weighted by atomic mass is 16.4. The predicted molar refractivity (Wildman–Crippen MR) is 114 cm³/mol. The number of fused-ring (bicyclic) bond motifs is 1. The molecule has 0 aliphatic carbocycles. The molecule has 0 fully saturated rings. The summed E-state index contributed by atoms with van der Waals surface area (Å²) in [5, 5.41) is 10.1. The van der Waals surface area contributed by atoms with E-state index in [2.05, 4.69) is 37.0 Å². The Morgan fingerprint density at radius 2 is 1.55 bits per heavy atom. The molecule has 0 atom stereocenters. The van der Waals surface area contributed by atoms with Gasteiger partial charge in [-0.05, 0) is 42.2 Å². The second kappa shape index (κ2) is 7.40. The number of carboxylic acids is 1. The van der Waals surface area contributed by atoms with E-state index in [1.54, 1.807) is 12.1 Å². The number of aliphatic carboxylic acids is 1. The highest BCUT2D eigenvalue weighted by molar-refractivity contribution is 6.12. The molecule has 0 bridgehead atoms. The summed E-state index contributed by atoms with van der Waals surface area (Å²) in [6.07, 6.45) is -0.203. The van der Waals surface area contributed by atoms with Gasteiger partial charge in [0.1, 0.15) is 0 Å². The zero-order chi connectivity index (χ0) is 20.5. The third kappa shape index (κ3) is 3.57. The van der Waals surface area contributed by atoms with E-state index >= 15 is 0 Å². The Morgan fingerprint density at radius 1 is 0.862 bits per heavy atom. The maximum atomic E-state index is 13.1. The lowest BCUT2D eigenvalue weighted by Gasteiger charge is -2.07. The molecule has 0 aliphatic rings. The summed E-state index contributed by atoms with van der Waals surface area (Å²) in [4.78, 5) is 27.6. The van der Waals surface area contributed by atoms with Gasteiger partial charge in [0.15, 0.2) is 0 Å². The SMILES string of the molecule is Cc1ccc(-c2ccc(C(=O)c3[nH]c4ccccc4c3CC(=O)O)cc2)cc1C. The highest BCUT2D eigenvalue weighted by Gasteiger charge is 2.20. The first kappa shape index (κ1) is 18.7. The standard InChI is InChI=1S/C25H21NO3/c1-15-7-8-19(13-16(15)2)17-9-11-18(12-10-17)25(29)24-21(14-23(27)28)20-5-3-4-6-22(20)26-24/h3-13,26H,14H2,1-2H3,(H,27,28). The van der Waals surface area contributed by atoms with Gasteiger partial charge in [-0.15, -0.1) is 0 Å². The summed E-state index contributed by atoms with van der Waals surface area (Å²) < 4.78 is 0. The van der Waals surface area contributed by atoms with Crippen LogP contribution in [0.3, 0.4) is 0 Å². The Labute approximate surface area is 168 Å². The molecule has 2 N–H and O–H groups in total. The third-order valence-corrected chi connectivity index (χ3v) is 5.36. The number of aromatic amines is 1. The normalized spacial score (nSPS) is 11.0. The molecule has 144 valence electrons. The lowest BCUT2D eigenvalue weighted by atomic mass is 9.97. The number of H-pyrrole nitrogens is 1. The third-order valence-electron chi connectivity index (χ3n) is 5.36. The van der Waals surface area contributed by atoms with Crippen LogP contribution >= 0.6 is 0 Å². The molecular weight excluding hydrogens is 362 g/mol. The first-order chi connectivity index (χ1) is 13.9. The molecule has 0 amide bonds. The van der Waals surface area contributed by atoms with Crippen molar-refractivity contribution >= 4 is 22.7 Å². The molecule has 0 unspecified atom stereocenters. The van der Waals surface area contributed by atoms with Crippen LogP contribution in [0.4, 0.5) is 0 Å². The summed E-state index contributed by atoms with van der Waals surface area (Å²) in [6, 6.07) is 21.1. The van der Waals surface area contributed by atoms with E-state index in [0.717, 1.165) is 22.0 Å². The number of rotatable bonds is 5. The predicted octanol–water partition coefficient (Wildman–Crippen LogP) is 5.31. The van der Waals surface area contributed by atoms with Gasteiger partial charge >= 0.3 is 5.97 Å². The number of carbonyl (C=O) groups is 2. The van der Waals surface area contributed by atoms with E-state index in [0.29, 0.717) is 16.8 Å². The molecule has 3 aromatic carbocycles. The van der Waals surface area contributed by atoms with Crippen molar-refractivity contribution in [2.24, 2.45) is 0 Å². The van der Waals surface area contributed by atoms with E-state index < -0.39 is 5.97 Å². The van der Waals surface area contributed by atoms with Gasteiger partial charge in [-0.1, -0.05) is 60.7 Å². The summed E-state index contributed by atoms with van der Waals surface area (Å²) in [5.41, 5.74) is 6.75. The number of nitrogens with one attached hydrogen (secondary N) is 1. The van der Waals surface area contributed by atoms with Gasteiger partial charge in [0, 0.05) is 22.0 Å². The molecule has 0 saturated heterocycles. The lowest BCUT2D eigenvalue weighted by molar-refractivity contribution is -0.136. The average Bonchev–Trinajstić information content (AvgIpc) is 3.07. The maximum Gasteiger partial charge on any atom is 0.307 e. The van der Waals surface area contributed by atoms with Crippen LogP contribution in [-0.2, 0) is 11.2 Å². The fourth-order valence-corrected chi connectivity index (χ4v) is 3.61. The number of carboxylic acid groups (broad SMARTS) is 1. The number of benzene rings is 3. The largest absolute Gasteiger partial charge is 0.481 e. The quantitative estimate of drug-likeness (QED) is 0.459. The fourth-order valence-electron chi connectivity index (χ4n) is 3.61. The zero-order valence-corrected chi connectivity index (χ0v) is 16.3. The van der Waals surface area contributed by atoms with E-state index in [1.807, 2.05) is 36.4 Å². The van der Waals surface area contributed by atoms with Gasteiger partial charge in [0.05, 0.1) is 12.1 Å². The van der Waals surface area contributed by atoms with Crippen LogP contribution < -0.4 is 0 Å². The number of para-hydroxylation sites is 1. The Hall–Kier alpha value is -3.66. The molecular formula is C25H21NO3. The number of ketones is 1. The first-order valence-corrected chi connectivity index (χ1v) is 9.48. The van der Waals surface area contributed by atoms with Crippen LogP contribution in [0.15, 0.2) is 66.7 Å². The number of hydrogen-bond acceptors (Lipinski definition) is 2. The summed E-state index contributed by atoms with van der Waals surface area (Å²) >= 11 is 0. The van der Waals surface area contributed by atoms with E-state index in [-0.39, 0.29) is 12.2 Å². The van der Waals surface area contributed by atoms with Gasteiger partial charge in [0.2, 0.25) is 5.78 Å². The van der Waals surface area contributed by atoms with Crippen molar-refractivity contribution in [2.75, 3.05) is 0 Å². The molecule has 29 heavy (non-hydrogen) atoms. The molecule has 4 rings (SSSR count). The Bertz CT molecular complexity index is 1230. The maximum absolute atomic E-state index is 13.1. The number of aryl methyl sites for hydroxylation is 2. The number of aromatic nitrogens is 1. The Balaban J connectivity index is 1.71. The van der Waals surface area contributed by atoms with E-state index in [1.165, 1.54) is 11.1 Å². The average molecular weight is 383 g/mol. The molecule has 4 nitrogen and oxygen atoms in total. The monoisotopic (exact) mass is 383 g/mol. The Kier molecular flexibility index (Phi) is 4.77. The van der Waals surface area contributed by atoms with Gasteiger partial charge in [0.25, 0.3) is 0 Å². The van der Waals surface area contributed by atoms with Crippen LogP contribution in [0.1, 0.15) is 32.7 Å². The fraction of sp³-hybridized carbons (Fsp3) is 0.120. The molecule has 0 spiro atoms. The molecule has 4 aromatic rings. The molecule has 1 aromatic heterocycles. The minimum Gasteiger partial charge on any atom is -0.481 e. The highest BCUT2D eigenvalue weighted by Crippen LogP contribution is 2.27. The van der Waals surface area contributed by atoms with Crippen LogP contribution in [0.2, 0.25) is 0 Å². The zero-order valence-electron chi connectivity index (χ0n) is 16.3. The molecule has 0 radical (unpaired) electrons. The van der Waals surface area contributed by atoms with E-state index in [4.69, 9.17) is 0 Å². The van der Waals surface area contributed by atoms with Crippen molar-refractivity contribution < 1.29 is 14.7 Å². The second-order valence-electron chi connectivity index (χ2n) is 7.30. The van der Waals surface area contributed by atoms with Crippen LogP contribution in [-0.4, -0.2) is 21.8 Å². The van der Waals surface area contributed by atoms with Crippen LogP contribution in [0.5, 0.6) is 0 Å². The van der Waals surface area contributed by atoms with Crippen LogP contribution in [0, 0.1) is 13.8 Å². The number of hydrogen-bond donors (Lipinski definition) is 2. The van der Waals surface area contributed by atoms with Crippen molar-refractivity contribution in [2.45, 2.75) is 20.3 Å². The summed E-state index contributed by atoms with van der Waals surface area (Å²) in [5.74, 6) is -1.17. The minimum atomic E-state index is -0.964. The smallest absolute Gasteiger partial charge is 0.307 e. The van der Waals surface area contributed by atoms with Crippen molar-refractivity contribution in [1.82, 2.24) is 4.98 Å². The molecule has 0 aliphatic heterocycles. The minimum absolute atomic E-state index is 0.203. The van der Waals surface area contributed by atoms with Crippen LogP contribution in [0.25, 0.3) is 22.0 Å². The summed E-state index contributed by atoms with van der Waals surface area (Å²) in [7, 11) is 0. The van der Waals surface area contributed by atoms with Gasteiger partial charge in [-0.25, -0.2) is 0 Å². The van der Waals surface area contributed by atoms with Gasteiger partial charge in [-0.3, -0.25) is 9.59 Å². The van der Waals surface area contributed by atoms with Crippen molar-refractivity contribution in [3.63, 3.8) is 0 Å². The Morgan fingerprint density at radius 3 is 2.24 bits per heavy atom. The summed E-state index contributed by atoms with van der Waals surface area (Å²) in [6.45, 7) is 4.16. The lowest BCUT2D eigenvalue weighted by Crippen LogP contribution is -2.08. The number of carbonyl (C=O) groups excluding carboxylic acids is 1. The van der Waals surface area contributed by atoms with Crippen molar-refractivity contribution in [3.05, 3.63) is 94.7 Å². The van der Waals surface area contributed by atoms with Crippen molar-refractivity contribution in [3.8, 4) is 11.1 Å². The molecule has 1 heterocycles. The molecule has 0 saturated carbocycles. The first-order valence-electron chi connectivity index (χ1n) is 9.48. The topological polar surface area (TPSA) is 70.2 Å². The van der Waals surface area contributed by atoms with Gasteiger partial charge < -0.3 is 10.1 Å².